The molecule has 8 nitrogen and oxygen atoms in total. The number of aromatic nitrogens is 5. The number of hydrogen-bond acceptors (Lipinski definition) is 6. The number of rotatable bonds is 3. The summed E-state index contributed by atoms with van der Waals surface area (Å²) in [6, 6.07) is 8.83. The SMILES string of the molecule is Cl.Cn1cc(-c2cc(-c3ccc(N4C[C@@H]5C(N)[C@@H]5C4)nc3)c3c(C#N)cnn3c2)cn1. The maximum Gasteiger partial charge on any atom is 0.128 e. The van der Waals surface area contributed by atoms with E-state index in [2.05, 4.69) is 39.4 Å². The Morgan fingerprint density at radius 3 is 2.48 bits per heavy atom. The van der Waals surface area contributed by atoms with E-state index in [4.69, 9.17) is 10.7 Å². The standard InChI is InChI=1S/C22H20N8.ClH/c1-28-9-16(8-26-28)14-4-17(22-15(5-23)7-27-30(22)10-14)13-2-3-20(25-6-13)29-11-18-19(12-29)21(18)24;/h2-4,6-10,18-19,21H,11-12,24H2,1H3;1H/t18-,19+,21?;. The van der Waals surface area contributed by atoms with Gasteiger partial charge in [-0.2, -0.15) is 15.5 Å². The average molecular weight is 433 g/mol. The Balaban J connectivity index is 0.00000204. The summed E-state index contributed by atoms with van der Waals surface area (Å²) in [5, 5.41) is 18.2. The lowest BCUT2D eigenvalue weighted by molar-refractivity contribution is 0.735. The summed E-state index contributed by atoms with van der Waals surface area (Å²) in [6.45, 7) is 1.97. The molecule has 3 atom stereocenters. The summed E-state index contributed by atoms with van der Waals surface area (Å²) in [5.41, 5.74) is 11.2. The largest absolute Gasteiger partial charge is 0.356 e. The van der Waals surface area contributed by atoms with E-state index in [0.717, 1.165) is 46.7 Å². The van der Waals surface area contributed by atoms with Crippen LogP contribution >= 0.6 is 12.4 Å². The molecule has 1 saturated heterocycles. The molecule has 156 valence electrons. The molecule has 6 rings (SSSR count). The number of anilines is 1. The molecule has 2 aliphatic rings. The van der Waals surface area contributed by atoms with Gasteiger partial charge in [-0.1, -0.05) is 0 Å². The van der Waals surface area contributed by atoms with Gasteiger partial charge in [0.1, 0.15) is 11.9 Å². The van der Waals surface area contributed by atoms with Crippen molar-refractivity contribution >= 4 is 23.7 Å². The van der Waals surface area contributed by atoms with Crippen LogP contribution in [-0.4, -0.2) is 43.5 Å². The zero-order valence-corrected chi connectivity index (χ0v) is 17.7. The molecule has 4 aromatic rings. The molecule has 1 unspecified atom stereocenters. The molecule has 0 bridgehead atoms. The number of nitriles is 1. The molecule has 1 aliphatic carbocycles. The Labute approximate surface area is 185 Å². The fourth-order valence-corrected chi connectivity index (χ4v) is 4.64. The van der Waals surface area contributed by atoms with Gasteiger partial charge in [0, 0.05) is 67.0 Å². The van der Waals surface area contributed by atoms with Crippen molar-refractivity contribution < 1.29 is 0 Å². The maximum atomic E-state index is 9.57. The van der Waals surface area contributed by atoms with Gasteiger partial charge < -0.3 is 10.6 Å². The van der Waals surface area contributed by atoms with Crippen molar-refractivity contribution in [2.75, 3.05) is 18.0 Å². The highest BCUT2D eigenvalue weighted by Gasteiger charge is 2.53. The van der Waals surface area contributed by atoms with E-state index in [1.165, 1.54) is 0 Å². The number of hydrogen-bond donors (Lipinski definition) is 1. The van der Waals surface area contributed by atoms with Gasteiger partial charge in [-0.3, -0.25) is 4.68 Å². The lowest BCUT2D eigenvalue weighted by Crippen LogP contribution is -2.28. The Morgan fingerprint density at radius 1 is 1.03 bits per heavy atom. The maximum absolute atomic E-state index is 9.57. The van der Waals surface area contributed by atoms with Crippen LogP contribution in [0.2, 0.25) is 0 Å². The number of pyridine rings is 2. The highest BCUT2D eigenvalue weighted by atomic mass is 35.5. The fraction of sp³-hybridized carbons (Fsp3) is 0.273. The van der Waals surface area contributed by atoms with Crippen molar-refractivity contribution in [2.45, 2.75) is 6.04 Å². The average Bonchev–Trinajstić information content (AvgIpc) is 3.26. The first kappa shape index (κ1) is 19.5. The normalized spacial score (nSPS) is 21.6. The first-order valence-electron chi connectivity index (χ1n) is 10.00. The number of nitrogens with two attached hydrogens (primary N) is 1. The third kappa shape index (κ3) is 3.05. The van der Waals surface area contributed by atoms with Gasteiger partial charge in [0.15, 0.2) is 0 Å². The quantitative estimate of drug-likeness (QED) is 0.533. The highest BCUT2D eigenvalue weighted by Crippen LogP contribution is 2.45. The monoisotopic (exact) mass is 432 g/mol. The Kier molecular flexibility index (Phi) is 4.46. The van der Waals surface area contributed by atoms with Crippen molar-refractivity contribution in [3.63, 3.8) is 0 Å². The lowest BCUT2D eigenvalue weighted by Gasteiger charge is -2.20. The molecule has 9 heteroatoms. The van der Waals surface area contributed by atoms with Gasteiger partial charge in [0.25, 0.3) is 0 Å². The number of nitrogens with zero attached hydrogens (tertiary/aromatic N) is 7. The molecule has 4 aromatic heterocycles. The number of aryl methyl sites for hydroxylation is 1. The molecule has 31 heavy (non-hydrogen) atoms. The first-order chi connectivity index (χ1) is 14.6. The van der Waals surface area contributed by atoms with E-state index in [0.29, 0.717) is 23.4 Å². The van der Waals surface area contributed by atoms with E-state index in [9.17, 15) is 5.26 Å². The summed E-state index contributed by atoms with van der Waals surface area (Å²) in [6.07, 6.45) is 9.20. The van der Waals surface area contributed by atoms with Crippen LogP contribution in [0.4, 0.5) is 5.82 Å². The van der Waals surface area contributed by atoms with E-state index < -0.39 is 0 Å². The van der Waals surface area contributed by atoms with E-state index in [1.807, 2.05) is 31.8 Å². The Hall–Kier alpha value is -3.41. The molecule has 0 spiro atoms. The number of piperidine rings is 1. The molecule has 0 amide bonds. The molecule has 0 aromatic carbocycles. The van der Waals surface area contributed by atoms with Crippen LogP contribution in [0.5, 0.6) is 0 Å². The predicted octanol–water partition coefficient (Wildman–Crippen LogP) is 2.48. The van der Waals surface area contributed by atoms with E-state index in [-0.39, 0.29) is 12.4 Å². The third-order valence-electron chi connectivity index (χ3n) is 6.41. The van der Waals surface area contributed by atoms with Crippen LogP contribution in [-0.2, 0) is 7.05 Å². The zero-order valence-electron chi connectivity index (χ0n) is 16.9. The Morgan fingerprint density at radius 2 is 1.84 bits per heavy atom. The smallest absolute Gasteiger partial charge is 0.128 e. The zero-order chi connectivity index (χ0) is 20.4. The molecule has 2 fully saturated rings. The summed E-state index contributed by atoms with van der Waals surface area (Å²) < 4.78 is 3.53. The van der Waals surface area contributed by atoms with Gasteiger partial charge in [0.2, 0.25) is 0 Å². The summed E-state index contributed by atoms with van der Waals surface area (Å²) in [5.74, 6) is 2.21. The Bertz CT molecular complexity index is 1300. The number of fused-ring (bicyclic) bond motifs is 2. The van der Waals surface area contributed by atoms with Crippen molar-refractivity contribution in [3.05, 3.63) is 54.7 Å². The molecule has 2 N–H and O–H groups in total. The van der Waals surface area contributed by atoms with Gasteiger partial charge in [-0.15, -0.1) is 12.4 Å². The van der Waals surface area contributed by atoms with Gasteiger partial charge >= 0.3 is 0 Å². The minimum atomic E-state index is 0. The van der Waals surface area contributed by atoms with Crippen molar-refractivity contribution in [2.24, 2.45) is 24.6 Å². The van der Waals surface area contributed by atoms with Crippen LogP contribution < -0.4 is 10.6 Å². The topological polar surface area (TPSA) is 101 Å². The molecular formula is C22H21ClN8. The second-order valence-corrected chi connectivity index (χ2v) is 8.22. The molecule has 1 saturated carbocycles. The molecule has 5 heterocycles. The second kappa shape index (κ2) is 7.08. The van der Waals surface area contributed by atoms with E-state index >= 15 is 0 Å². The predicted molar refractivity (Wildman–Crippen MR) is 120 cm³/mol. The minimum absolute atomic E-state index is 0. The molecule has 1 aliphatic heterocycles. The summed E-state index contributed by atoms with van der Waals surface area (Å²) in [4.78, 5) is 7.04. The van der Waals surface area contributed by atoms with Crippen LogP contribution in [0.3, 0.4) is 0 Å². The number of halogens is 1. The van der Waals surface area contributed by atoms with Crippen molar-refractivity contribution in [1.82, 2.24) is 24.4 Å². The van der Waals surface area contributed by atoms with Gasteiger partial charge in [0.05, 0.1) is 23.5 Å². The molecular weight excluding hydrogens is 412 g/mol. The van der Waals surface area contributed by atoms with Crippen LogP contribution in [0.1, 0.15) is 5.56 Å². The van der Waals surface area contributed by atoms with Crippen molar-refractivity contribution in [1.29, 1.82) is 5.26 Å². The summed E-state index contributed by atoms with van der Waals surface area (Å²) in [7, 11) is 1.89. The lowest BCUT2D eigenvalue weighted by atomic mass is 10.0. The van der Waals surface area contributed by atoms with Crippen LogP contribution in [0, 0.1) is 23.2 Å². The van der Waals surface area contributed by atoms with Crippen LogP contribution in [0.15, 0.2) is 49.2 Å². The second-order valence-electron chi connectivity index (χ2n) is 8.22. The first-order valence-corrected chi connectivity index (χ1v) is 10.00. The summed E-state index contributed by atoms with van der Waals surface area (Å²) >= 11 is 0. The van der Waals surface area contributed by atoms with Crippen LogP contribution in [0.25, 0.3) is 27.8 Å². The van der Waals surface area contributed by atoms with Gasteiger partial charge in [-0.05, 0) is 30.0 Å². The van der Waals surface area contributed by atoms with Gasteiger partial charge in [-0.25, -0.2) is 9.50 Å². The fourth-order valence-electron chi connectivity index (χ4n) is 4.64. The molecule has 0 radical (unpaired) electrons. The minimum Gasteiger partial charge on any atom is -0.356 e. The third-order valence-corrected chi connectivity index (χ3v) is 6.41. The highest BCUT2D eigenvalue weighted by molar-refractivity contribution is 5.87. The van der Waals surface area contributed by atoms with E-state index in [1.54, 1.807) is 15.4 Å². The van der Waals surface area contributed by atoms with Crippen molar-refractivity contribution in [3.8, 4) is 28.3 Å².